The Kier molecular flexibility index (Phi) is 3.21. The maximum atomic E-state index is 13.5. The van der Waals surface area contributed by atoms with Crippen LogP contribution in [0.25, 0.3) is 11.4 Å². The van der Waals surface area contributed by atoms with Gasteiger partial charge in [-0.1, -0.05) is 18.2 Å². The molecule has 0 aliphatic heterocycles. The first-order valence-corrected chi connectivity index (χ1v) is 10.5. The van der Waals surface area contributed by atoms with Gasteiger partial charge in [-0.2, -0.15) is 13.4 Å². The number of nitrogens with one attached hydrogen (secondary N) is 1. The van der Waals surface area contributed by atoms with E-state index in [0.717, 1.165) is 6.07 Å². The second-order valence-corrected chi connectivity index (χ2v) is 7.86. The van der Waals surface area contributed by atoms with Gasteiger partial charge in [-0.25, -0.2) is 9.97 Å². The fourth-order valence-corrected chi connectivity index (χ4v) is 3.37. The van der Waals surface area contributed by atoms with Crippen LogP contribution in [0.1, 0.15) is 24.8 Å². The van der Waals surface area contributed by atoms with E-state index in [4.69, 9.17) is 33.4 Å². The lowest BCUT2D eigenvalue weighted by atomic mass is 10.2. The van der Waals surface area contributed by atoms with Crippen LogP contribution in [0.15, 0.2) is 72.0 Å². The molecule has 1 aromatic carbocycles. The molecule has 3 aromatic heterocycles. The normalized spacial score (nSPS) is 17.7. The molecule has 11 heteroatoms. The predicted molar refractivity (Wildman–Crippen MR) is 125 cm³/mol. The molecule has 0 saturated carbocycles. The summed E-state index contributed by atoms with van der Waals surface area (Å²) in [4.78, 5) is 15.1. The zero-order chi connectivity index (χ0) is 36.1. The monoisotopic (exact) mass is 493 g/mol. The molecule has 10 nitrogen and oxygen atoms in total. The van der Waals surface area contributed by atoms with Crippen LogP contribution in [0, 0.1) is 6.92 Å². The van der Waals surface area contributed by atoms with E-state index in [-0.39, 0.29) is 0 Å². The Bertz CT molecular complexity index is 2000. The van der Waals surface area contributed by atoms with E-state index >= 15 is 0 Å². The largest absolute Gasteiger partial charge is 0.493 e. The second kappa shape index (κ2) is 9.71. The number of rotatable bonds is 8. The van der Waals surface area contributed by atoms with Crippen LogP contribution in [-0.4, -0.2) is 42.4 Å². The summed E-state index contributed by atoms with van der Waals surface area (Å²) in [6, 6.07) is -3.24. The number of sulfonamides is 1. The second-order valence-electron chi connectivity index (χ2n) is 6.23. The summed E-state index contributed by atoms with van der Waals surface area (Å²) in [5.41, 5.74) is -0.124. The lowest BCUT2D eigenvalue weighted by molar-refractivity contribution is 0.348. The molecule has 0 aliphatic carbocycles. The van der Waals surface area contributed by atoms with Gasteiger partial charge in [-0.3, -0.25) is 9.71 Å². The molecule has 34 heavy (non-hydrogen) atoms. The molecule has 3 heterocycles. The molecule has 4 aromatic rings. The summed E-state index contributed by atoms with van der Waals surface area (Å²) in [7, 11) is -11.5. The molecule has 174 valence electrons. The molecule has 0 atom stereocenters. The number of ether oxygens (including phenoxy) is 3. The van der Waals surface area contributed by atoms with Crippen molar-refractivity contribution in [1.82, 2.24) is 19.9 Å². The Morgan fingerprint density at radius 1 is 1.00 bits per heavy atom. The van der Waals surface area contributed by atoms with Gasteiger partial charge in [-0.05, 0) is 42.7 Å². The van der Waals surface area contributed by atoms with Gasteiger partial charge >= 0.3 is 0 Å². The van der Waals surface area contributed by atoms with Crippen LogP contribution in [0.2, 0.25) is 0 Å². The number of benzene rings is 1. The minimum absolute atomic E-state index is 0.566. The van der Waals surface area contributed by atoms with Crippen molar-refractivity contribution in [2.75, 3.05) is 18.8 Å². The zero-order valence-corrected chi connectivity index (χ0v) is 17.8. The van der Waals surface area contributed by atoms with Crippen LogP contribution in [0.3, 0.4) is 0 Å². The van der Waals surface area contributed by atoms with Gasteiger partial charge in [0.05, 0.1) is 33.3 Å². The third-order valence-electron chi connectivity index (χ3n) is 3.95. The van der Waals surface area contributed by atoms with Gasteiger partial charge in [0.15, 0.2) is 28.2 Å². The molecular formula is C23H21N5O5S. The molecular weight excluding hydrogens is 458 g/mol. The van der Waals surface area contributed by atoms with E-state index in [1.54, 1.807) is 6.92 Å². The zero-order valence-electron chi connectivity index (χ0n) is 31.0. The van der Waals surface area contributed by atoms with Crippen molar-refractivity contribution in [3.63, 3.8) is 0 Å². The Labute approximate surface area is 216 Å². The average Bonchev–Trinajstić information content (AvgIpc) is 2.95. The van der Waals surface area contributed by atoms with Crippen LogP contribution in [0.4, 0.5) is 5.82 Å². The Balaban J connectivity index is 2.12. The number of nitrogens with zero attached hydrogens (tertiary/aromatic N) is 4. The van der Waals surface area contributed by atoms with Crippen molar-refractivity contribution in [2.45, 2.75) is 11.9 Å². The molecule has 0 unspecified atom stereocenters. The summed E-state index contributed by atoms with van der Waals surface area (Å²) in [5.74, 6) is -6.38. The van der Waals surface area contributed by atoms with Crippen molar-refractivity contribution < 1.29 is 41.8 Å². The number of hydrogen-bond acceptors (Lipinski definition) is 9. The van der Waals surface area contributed by atoms with Gasteiger partial charge in [0.2, 0.25) is 5.75 Å². The van der Waals surface area contributed by atoms with E-state index in [1.807, 2.05) is 4.72 Å². The summed E-state index contributed by atoms with van der Waals surface area (Å²) >= 11 is 0. The Morgan fingerprint density at radius 2 is 1.76 bits per heavy atom. The van der Waals surface area contributed by atoms with Gasteiger partial charge in [0.1, 0.15) is 0 Å². The van der Waals surface area contributed by atoms with E-state index < -0.39 is 118 Å². The predicted octanol–water partition coefficient (Wildman–Crippen LogP) is 3.85. The summed E-state index contributed by atoms with van der Waals surface area (Å²) in [6.07, 6.45) is -0.461. The standard InChI is InChI=1S/C23H21N5O5S/c1-15-8-9-19(25-14-15)34(29,30)28-22-20(33-18-7-5-4-6-17(18)31-2)23(32-3)27-21(26-22)16-10-12-24-13-11-16/h4-14H,1-3H3,(H,26,27,28)/i2D3,3D3,4D,5D,6D,7D,10D,11D,12D,13D. The minimum atomic E-state index is -4.79. The number of aromatic nitrogens is 4. The third kappa shape index (κ3) is 4.89. The molecule has 0 spiro atoms. The molecule has 1 N–H and O–H groups in total. The van der Waals surface area contributed by atoms with Crippen molar-refractivity contribution in [2.24, 2.45) is 0 Å². The highest BCUT2D eigenvalue weighted by molar-refractivity contribution is 7.92. The molecule has 0 saturated heterocycles. The first kappa shape index (κ1) is 11.3. The fourth-order valence-electron chi connectivity index (χ4n) is 2.44. The Morgan fingerprint density at radius 3 is 2.47 bits per heavy atom. The van der Waals surface area contributed by atoms with E-state index in [0.29, 0.717) is 5.56 Å². The molecule has 0 radical (unpaired) electrons. The SMILES string of the molecule is [2H]c1nc([2H])c([2H])c(-c2nc(NS(=O)(=O)c3ccc(C)cn3)c(Oc3c([2H])c([2H])c([2H])c([2H])c3OC([2H])([2H])[2H])c(OC([2H])([2H])[2H])n2)c1[2H]. The highest BCUT2D eigenvalue weighted by Crippen LogP contribution is 2.41. The summed E-state index contributed by atoms with van der Waals surface area (Å²) in [6.45, 7) is 1.62. The average molecular weight is 494 g/mol. The third-order valence-corrected chi connectivity index (χ3v) is 5.20. The summed E-state index contributed by atoms with van der Waals surface area (Å²) < 4.78 is 154. The Hall–Kier alpha value is -4.25. The topological polar surface area (TPSA) is 125 Å². The van der Waals surface area contributed by atoms with Gasteiger partial charge < -0.3 is 14.2 Å². The lowest BCUT2D eigenvalue weighted by Crippen LogP contribution is -2.17. The maximum absolute atomic E-state index is 13.5. The smallest absolute Gasteiger partial charge is 0.280 e. The quantitative estimate of drug-likeness (QED) is 0.389. The number of hydrogen-bond donors (Lipinski definition) is 1. The van der Waals surface area contributed by atoms with Gasteiger partial charge in [0, 0.05) is 24.1 Å². The first-order valence-electron chi connectivity index (χ1n) is 16.0. The molecule has 0 fully saturated rings. The van der Waals surface area contributed by atoms with Crippen molar-refractivity contribution in [3.8, 4) is 34.5 Å². The van der Waals surface area contributed by atoms with Gasteiger partial charge in [-0.15, -0.1) is 0 Å². The number of methoxy groups -OCH3 is 2. The highest BCUT2D eigenvalue weighted by Gasteiger charge is 2.25. The van der Waals surface area contributed by atoms with Crippen molar-refractivity contribution in [3.05, 3.63) is 72.5 Å². The highest BCUT2D eigenvalue weighted by atomic mass is 32.2. The van der Waals surface area contributed by atoms with Crippen LogP contribution in [0.5, 0.6) is 23.1 Å². The van der Waals surface area contributed by atoms with E-state index in [1.165, 1.54) is 12.3 Å². The van der Waals surface area contributed by atoms with Crippen molar-refractivity contribution >= 4 is 15.8 Å². The molecule has 4 rings (SSSR count). The fraction of sp³-hybridized carbons (Fsp3) is 0.130. The van der Waals surface area contributed by atoms with E-state index in [2.05, 4.69) is 19.9 Å². The van der Waals surface area contributed by atoms with Crippen LogP contribution < -0.4 is 18.9 Å². The number of aryl methyl sites for hydroxylation is 1. The number of pyridine rings is 2. The lowest BCUT2D eigenvalue weighted by Gasteiger charge is -2.17. The van der Waals surface area contributed by atoms with E-state index in [9.17, 15) is 8.42 Å². The minimum Gasteiger partial charge on any atom is -0.493 e. The molecule has 0 aliphatic rings. The van der Waals surface area contributed by atoms with Gasteiger partial charge in [0.25, 0.3) is 15.9 Å². The number of para-hydroxylation sites is 2. The summed E-state index contributed by atoms with van der Waals surface area (Å²) in [5, 5.41) is -0.612. The number of anilines is 1. The van der Waals surface area contributed by atoms with Crippen molar-refractivity contribution in [1.29, 1.82) is 0 Å². The van der Waals surface area contributed by atoms with Crippen LogP contribution >= 0.6 is 0 Å². The van der Waals surface area contributed by atoms with Crippen LogP contribution in [-0.2, 0) is 10.0 Å². The maximum Gasteiger partial charge on any atom is 0.280 e. The first-order chi connectivity index (χ1) is 22.0. The molecule has 0 amide bonds. The molecule has 0 bridgehead atoms.